The van der Waals surface area contributed by atoms with Gasteiger partial charge in [0.05, 0.1) is 22.1 Å². The number of aromatic nitrogens is 4. The van der Waals surface area contributed by atoms with Crippen molar-refractivity contribution in [1.82, 2.24) is 19.9 Å². The van der Waals surface area contributed by atoms with Crippen molar-refractivity contribution < 1.29 is 0 Å². The number of hydrogen-bond acceptors (Lipinski definition) is 2. The van der Waals surface area contributed by atoms with Crippen molar-refractivity contribution in [3.8, 4) is 22.5 Å². The zero-order chi connectivity index (χ0) is 17.7. The number of aryl methyl sites for hydroxylation is 2. The van der Waals surface area contributed by atoms with E-state index in [0.29, 0.717) is 0 Å². The van der Waals surface area contributed by atoms with Crippen LogP contribution in [-0.2, 0) is 0 Å². The third kappa shape index (κ3) is 2.99. The Hall–Kier alpha value is -3.40. The quantitative estimate of drug-likeness (QED) is 0.407. The van der Waals surface area contributed by atoms with E-state index in [-0.39, 0.29) is 7.43 Å². The maximum Gasteiger partial charge on any atom is 0.138 e. The van der Waals surface area contributed by atoms with Crippen LogP contribution < -0.4 is 0 Å². The lowest BCUT2D eigenvalue weighted by molar-refractivity contribution is 1.17. The van der Waals surface area contributed by atoms with E-state index in [1.165, 1.54) is 5.56 Å². The fourth-order valence-electron chi connectivity index (χ4n) is 3.35. The smallest absolute Gasteiger partial charge is 0.138 e. The summed E-state index contributed by atoms with van der Waals surface area (Å²) in [5.41, 5.74) is 8.74. The van der Waals surface area contributed by atoms with Gasteiger partial charge in [-0.3, -0.25) is 0 Å². The van der Waals surface area contributed by atoms with Crippen molar-refractivity contribution in [3.05, 3.63) is 72.1 Å². The Kier molecular flexibility index (Phi) is 4.04. The average Bonchev–Trinajstić information content (AvgIpc) is 3.23. The first-order chi connectivity index (χ1) is 12.7. The van der Waals surface area contributed by atoms with E-state index >= 15 is 0 Å². The number of H-pyrrole nitrogens is 2. The molecule has 2 N–H and O–H groups in total. The van der Waals surface area contributed by atoms with Crippen LogP contribution in [0.5, 0.6) is 0 Å². The van der Waals surface area contributed by atoms with Gasteiger partial charge in [0.15, 0.2) is 0 Å². The van der Waals surface area contributed by atoms with Crippen molar-refractivity contribution in [2.45, 2.75) is 21.3 Å². The Bertz CT molecular complexity index is 1240. The highest BCUT2D eigenvalue weighted by molar-refractivity contribution is 5.87. The number of nitrogens with one attached hydrogen (secondary N) is 2. The molecule has 0 saturated carbocycles. The van der Waals surface area contributed by atoms with Crippen molar-refractivity contribution in [1.29, 1.82) is 0 Å². The van der Waals surface area contributed by atoms with E-state index in [9.17, 15) is 0 Å². The van der Waals surface area contributed by atoms with Crippen LogP contribution in [0.1, 0.15) is 18.8 Å². The lowest BCUT2D eigenvalue weighted by Gasteiger charge is -2.01. The molecule has 0 aliphatic carbocycles. The van der Waals surface area contributed by atoms with E-state index in [2.05, 4.69) is 82.5 Å². The van der Waals surface area contributed by atoms with Gasteiger partial charge in [0.1, 0.15) is 11.6 Å². The summed E-state index contributed by atoms with van der Waals surface area (Å²) in [6, 6.07) is 21.1. The van der Waals surface area contributed by atoms with Gasteiger partial charge >= 0.3 is 0 Å². The molecule has 2 heterocycles. The molecule has 4 heteroatoms. The molecular weight excluding hydrogens is 332 g/mol. The molecule has 0 amide bonds. The van der Waals surface area contributed by atoms with Gasteiger partial charge in [-0.25, -0.2) is 9.97 Å². The Morgan fingerprint density at radius 1 is 0.630 bits per heavy atom. The first-order valence-corrected chi connectivity index (χ1v) is 8.69. The lowest BCUT2D eigenvalue weighted by Crippen LogP contribution is -1.80. The molecule has 0 aliphatic rings. The van der Waals surface area contributed by atoms with Crippen LogP contribution in [0.15, 0.2) is 60.7 Å². The van der Waals surface area contributed by atoms with E-state index < -0.39 is 0 Å². The minimum atomic E-state index is 0. The highest BCUT2D eigenvalue weighted by atomic mass is 14.9. The monoisotopic (exact) mass is 354 g/mol. The Morgan fingerprint density at radius 3 is 1.85 bits per heavy atom. The second kappa shape index (κ2) is 6.40. The third-order valence-corrected chi connectivity index (χ3v) is 4.74. The summed E-state index contributed by atoms with van der Waals surface area (Å²) >= 11 is 0. The summed E-state index contributed by atoms with van der Waals surface area (Å²) in [6.45, 7) is 4.07. The lowest BCUT2D eigenvalue weighted by atomic mass is 10.0. The standard InChI is InChI=1S/C22H18N4.CH4/c1-13-3-5-15(6-4-13)22-25-19-10-8-17(12-21(19)26-22)16-7-9-18-20(11-16)24-14(2)23-18;/h3-12H,1-2H3,(H,23,24)(H,25,26);1H4. The van der Waals surface area contributed by atoms with Crippen LogP contribution in [0, 0.1) is 13.8 Å². The number of nitrogens with zero attached hydrogens (tertiary/aromatic N) is 2. The van der Waals surface area contributed by atoms with Gasteiger partial charge < -0.3 is 9.97 Å². The zero-order valence-corrected chi connectivity index (χ0v) is 14.7. The molecule has 27 heavy (non-hydrogen) atoms. The summed E-state index contributed by atoms with van der Waals surface area (Å²) in [5.74, 6) is 1.83. The Balaban J connectivity index is 0.00000180. The molecule has 5 rings (SSSR count). The van der Waals surface area contributed by atoms with E-state index in [1.807, 2.05) is 6.92 Å². The van der Waals surface area contributed by atoms with Crippen LogP contribution in [-0.4, -0.2) is 19.9 Å². The highest BCUT2D eigenvalue weighted by Gasteiger charge is 2.08. The van der Waals surface area contributed by atoms with Crippen molar-refractivity contribution in [2.24, 2.45) is 0 Å². The SMILES string of the molecule is C.Cc1ccc(-c2nc3ccc(-c4ccc5nc(C)[nH]c5c4)cc3[nH]2)cc1. The molecule has 4 nitrogen and oxygen atoms in total. The van der Waals surface area contributed by atoms with E-state index in [1.54, 1.807) is 0 Å². The number of benzene rings is 3. The predicted molar refractivity (Wildman–Crippen MR) is 113 cm³/mol. The van der Waals surface area contributed by atoms with Gasteiger partial charge in [0.2, 0.25) is 0 Å². The van der Waals surface area contributed by atoms with Crippen LogP contribution in [0.3, 0.4) is 0 Å². The molecule has 3 aromatic carbocycles. The molecule has 0 fully saturated rings. The summed E-state index contributed by atoms with van der Waals surface area (Å²) in [7, 11) is 0. The summed E-state index contributed by atoms with van der Waals surface area (Å²) in [4.78, 5) is 16.0. The summed E-state index contributed by atoms with van der Waals surface area (Å²) in [5, 5.41) is 0. The molecule has 0 saturated heterocycles. The van der Waals surface area contributed by atoms with Crippen molar-refractivity contribution in [2.75, 3.05) is 0 Å². The molecule has 0 unspecified atom stereocenters. The van der Waals surface area contributed by atoms with Gasteiger partial charge in [-0.15, -0.1) is 0 Å². The topological polar surface area (TPSA) is 57.4 Å². The predicted octanol–water partition coefficient (Wildman–Crippen LogP) is 6.03. The molecule has 2 aromatic heterocycles. The Labute approximate surface area is 158 Å². The first kappa shape index (κ1) is 17.0. The molecule has 5 aromatic rings. The second-order valence-corrected chi connectivity index (χ2v) is 6.74. The summed E-state index contributed by atoms with van der Waals surface area (Å²) < 4.78 is 0. The third-order valence-electron chi connectivity index (χ3n) is 4.74. The Morgan fingerprint density at radius 2 is 1.19 bits per heavy atom. The number of fused-ring (bicyclic) bond motifs is 2. The number of hydrogen-bond donors (Lipinski definition) is 2. The van der Waals surface area contributed by atoms with E-state index in [0.717, 1.165) is 50.4 Å². The van der Waals surface area contributed by atoms with Gasteiger partial charge in [-0.05, 0) is 49.2 Å². The highest BCUT2D eigenvalue weighted by Crippen LogP contribution is 2.28. The van der Waals surface area contributed by atoms with Crippen LogP contribution in [0.25, 0.3) is 44.6 Å². The fourth-order valence-corrected chi connectivity index (χ4v) is 3.35. The maximum atomic E-state index is 4.73. The molecule has 0 spiro atoms. The second-order valence-electron chi connectivity index (χ2n) is 6.74. The number of rotatable bonds is 2. The van der Waals surface area contributed by atoms with E-state index in [4.69, 9.17) is 4.98 Å². The number of aromatic amines is 2. The normalized spacial score (nSPS) is 11.0. The maximum absolute atomic E-state index is 4.73. The molecule has 0 bridgehead atoms. The zero-order valence-electron chi connectivity index (χ0n) is 14.7. The van der Waals surface area contributed by atoms with Crippen LogP contribution in [0.4, 0.5) is 0 Å². The molecule has 134 valence electrons. The molecule has 0 aliphatic heterocycles. The van der Waals surface area contributed by atoms with Gasteiger partial charge in [-0.1, -0.05) is 49.4 Å². The van der Waals surface area contributed by atoms with Crippen molar-refractivity contribution >= 4 is 22.1 Å². The van der Waals surface area contributed by atoms with Crippen LogP contribution >= 0.6 is 0 Å². The molecular formula is C23H22N4. The average molecular weight is 354 g/mol. The first-order valence-electron chi connectivity index (χ1n) is 8.69. The summed E-state index contributed by atoms with van der Waals surface area (Å²) in [6.07, 6.45) is 0. The molecule has 0 radical (unpaired) electrons. The fraction of sp³-hybridized carbons (Fsp3) is 0.130. The largest absolute Gasteiger partial charge is 0.342 e. The van der Waals surface area contributed by atoms with Crippen molar-refractivity contribution in [3.63, 3.8) is 0 Å². The van der Waals surface area contributed by atoms with Crippen LogP contribution in [0.2, 0.25) is 0 Å². The minimum Gasteiger partial charge on any atom is -0.342 e. The molecule has 0 atom stereocenters. The minimum absolute atomic E-state index is 0. The number of imidazole rings is 2. The van der Waals surface area contributed by atoms with Gasteiger partial charge in [-0.2, -0.15) is 0 Å². The van der Waals surface area contributed by atoms with Gasteiger partial charge in [0.25, 0.3) is 0 Å². The van der Waals surface area contributed by atoms with Gasteiger partial charge in [0, 0.05) is 5.56 Å².